The number of nitrogens with one attached hydrogen (secondary N) is 1. The van der Waals surface area contributed by atoms with E-state index in [1.54, 1.807) is 28.9 Å². The maximum atomic E-state index is 15.8. The summed E-state index contributed by atoms with van der Waals surface area (Å²) in [6, 6.07) is 16.1. The zero-order chi connectivity index (χ0) is 30.5. The lowest BCUT2D eigenvalue weighted by molar-refractivity contribution is -0.136. The molecule has 4 amide bonds. The van der Waals surface area contributed by atoms with Crippen molar-refractivity contribution in [1.82, 2.24) is 24.9 Å². The number of carbonyl (C=O) groups excluding carboxylic acids is 4. The number of rotatable bonds is 6. The topological polar surface area (TPSA) is 131 Å². The molecule has 224 valence electrons. The molecule has 44 heavy (non-hydrogen) atoms. The van der Waals surface area contributed by atoms with Crippen LogP contribution in [0.15, 0.2) is 60.8 Å². The van der Waals surface area contributed by atoms with Crippen molar-refractivity contribution >= 4 is 34.5 Å². The molecule has 3 N–H and O–H groups in total. The van der Waals surface area contributed by atoms with Gasteiger partial charge in [-0.25, -0.2) is 9.07 Å². The first-order valence-electron chi connectivity index (χ1n) is 14.8. The molecule has 1 unspecified atom stereocenters. The summed E-state index contributed by atoms with van der Waals surface area (Å²) in [5.74, 6) is -1.88. The zero-order valence-corrected chi connectivity index (χ0v) is 24.0. The number of fused-ring (bicyclic) bond motifs is 2. The number of halogens is 1. The number of hydrogen-bond acceptors (Lipinski definition) is 6. The normalized spacial score (nSPS) is 20.7. The van der Waals surface area contributed by atoms with Crippen LogP contribution in [0.3, 0.4) is 0 Å². The molecule has 3 aliphatic rings. The Labute approximate surface area is 252 Å². The fourth-order valence-electron chi connectivity index (χ4n) is 6.76. The molecular weight excluding hydrogens is 563 g/mol. The van der Waals surface area contributed by atoms with Gasteiger partial charge in [0.05, 0.1) is 17.8 Å². The highest BCUT2D eigenvalue weighted by Crippen LogP contribution is 2.33. The van der Waals surface area contributed by atoms with Crippen LogP contribution in [0, 0.1) is 5.82 Å². The third-order valence-electron chi connectivity index (χ3n) is 9.06. The van der Waals surface area contributed by atoms with Crippen molar-refractivity contribution in [2.45, 2.75) is 50.7 Å². The summed E-state index contributed by atoms with van der Waals surface area (Å²) < 4.78 is 17.5. The van der Waals surface area contributed by atoms with Gasteiger partial charge in [0.2, 0.25) is 11.8 Å². The number of nitrogens with two attached hydrogens (primary N) is 1. The number of imide groups is 1. The summed E-state index contributed by atoms with van der Waals surface area (Å²) >= 11 is 0. The van der Waals surface area contributed by atoms with E-state index in [9.17, 15) is 19.2 Å². The van der Waals surface area contributed by atoms with Crippen molar-refractivity contribution in [3.05, 3.63) is 94.4 Å². The van der Waals surface area contributed by atoms with Gasteiger partial charge >= 0.3 is 0 Å². The van der Waals surface area contributed by atoms with E-state index < -0.39 is 23.7 Å². The molecular formula is C33H31FN6O4. The number of carbonyl (C=O) groups is 4. The lowest BCUT2D eigenvalue weighted by Crippen LogP contribution is -2.52. The summed E-state index contributed by atoms with van der Waals surface area (Å²) in [7, 11) is 0. The lowest BCUT2D eigenvalue weighted by Gasteiger charge is -2.33. The third-order valence-corrected chi connectivity index (χ3v) is 9.06. The molecule has 2 saturated heterocycles. The van der Waals surface area contributed by atoms with Crippen molar-refractivity contribution < 1.29 is 23.6 Å². The van der Waals surface area contributed by atoms with Crippen LogP contribution in [0.1, 0.15) is 69.0 Å². The predicted molar refractivity (Wildman–Crippen MR) is 159 cm³/mol. The summed E-state index contributed by atoms with van der Waals surface area (Å²) in [6.45, 7) is 2.05. The van der Waals surface area contributed by atoms with Crippen LogP contribution in [0.2, 0.25) is 0 Å². The van der Waals surface area contributed by atoms with E-state index in [1.165, 1.54) is 10.5 Å². The molecule has 11 heteroatoms. The largest absolute Gasteiger partial charge is 0.366 e. The van der Waals surface area contributed by atoms with Crippen molar-refractivity contribution in [3.8, 4) is 5.69 Å². The van der Waals surface area contributed by atoms with Crippen molar-refractivity contribution in [1.29, 1.82) is 0 Å². The molecule has 0 bridgehead atoms. The van der Waals surface area contributed by atoms with Gasteiger partial charge in [0.1, 0.15) is 17.4 Å². The maximum Gasteiger partial charge on any atom is 0.255 e. The first-order valence-corrected chi connectivity index (χ1v) is 14.8. The van der Waals surface area contributed by atoms with E-state index in [0.717, 1.165) is 37.0 Å². The predicted octanol–water partition coefficient (Wildman–Crippen LogP) is 3.40. The molecule has 1 aromatic heterocycles. The average molecular weight is 595 g/mol. The summed E-state index contributed by atoms with van der Waals surface area (Å²) in [5.41, 5.74) is 9.65. The fourth-order valence-corrected chi connectivity index (χ4v) is 6.76. The fraction of sp³-hybridized carbons (Fsp3) is 0.303. The van der Waals surface area contributed by atoms with Gasteiger partial charge in [-0.2, -0.15) is 5.10 Å². The maximum absolute atomic E-state index is 15.8. The van der Waals surface area contributed by atoms with E-state index in [4.69, 9.17) is 5.73 Å². The van der Waals surface area contributed by atoms with Crippen molar-refractivity contribution in [2.75, 3.05) is 13.1 Å². The Morgan fingerprint density at radius 2 is 1.86 bits per heavy atom. The van der Waals surface area contributed by atoms with Gasteiger partial charge in [0.15, 0.2) is 0 Å². The minimum atomic E-state index is -0.773. The van der Waals surface area contributed by atoms with E-state index in [1.807, 2.05) is 24.4 Å². The van der Waals surface area contributed by atoms with Gasteiger partial charge in [0.25, 0.3) is 11.8 Å². The molecule has 0 aliphatic carbocycles. The Bertz CT molecular complexity index is 1830. The van der Waals surface area contributed by atoms with E-state index in [0.29, 0.717) is 28.8 Å². The Balaban J connectivity index is 1.04. The van der Waals surface area contributed by atoms with Gasteiger partial charge in [-0.1, -0.05) is 30.3 Å². The van der Waals surface area contributed by atoms with Gasteiger partial charge in [-0.05, 0) is 61.6 Å². The number of hydrogen-bond donors (Lipinski definition) is 2. The highest BCUT2D eigenvalue weighted by molar-refractivity contribution is 6.06. The monoisotopic (exact) mass is 594 g/mol. The van der Waals surface area contributed by atoms with Crippen LogP contribution >= 0.6 is 0 Å². The number of primary amides is 1. The molecule has 2 atom stereocenters. The molecule has 3 aromatic carbocycles. The second kappa shape index (κ2) is 11.0. The summed E-state index contributed by atoms with van der Waals surface area (Å²) in [5, 5.41) is 7.71. The van der Waals surface area contributed by atoms with Gasteiger partial charge in [-0.15, -0.1) is 0 Å². The van der Waals surface area contributed by atoms with E-state index in [2.05, 4.69) is 27.4 Å². The summed E-state index contributed by atoms with van der Waals surface area (Å²) in [6.07, 6.45) is 4.26. The zero-order valence-electron chi connectivity index (χ0n) is 24.0. The van der Waals surface area contributed by atoms with Gasteiger partial charge in [-0.3, -0.25) is 29.4 Å². The molecule has 7 rings (SSSR count). The molecule has 0 spiro atoms. The number of benzene rings is 3. The summed E-state index contributed by atoms with van der Waals surface area (Å²) in [4.78, 5) is 52.4. The average Bonchev–Trinajstić information content (AvgIpc) is 3.60. The standard InChI is InChI=1S/C33H31FN6O4/c34-29-21(8-11-24-26(29)18-39(33(24)44)27-12-13-28(41)36-32(27)43)16-38-14-2-4-20(15-38)19-6-9-23(10-7-19)40-17-22-3-1-5-25(31(35)42)30(22)37-40/h1,3,5-11,17,20,27H,2,4,12-16,18H2,(H2,35,42)(H,36,41,43)/t20-,27?/m1/s1. The second-order valence-corrected chi connectivity index (χ2v) is 11.8. The third kappa shape index (κ3) is 4.92. The van der Waals surface area contributed by atoms with Crippen LogP contribution < -0.4 is 11.1 Å². The van der Waals surface area contributed by atoms with Crippen LogP contribution in [-0.2, 0) is 22.7 Å². The molecule has 3 aliphatic heterocycles. The van der Waals surface area contributed by atoms with E-state index >= 15 is 4.39 Å². The SMILES string of the molecule is NC(=O)c1cccc2cn(-c3ccc([C@@H]4CCCN(Cc5ccc6c(c5F)CN(C5CCC(=O)NC5=O)C6=O)C4)cc3)nc12. The molecule has 10 nitrogen and oxygen atoms in total. The number of aromatic nitrogens is 2. The van der Waals surface area contributed by atoms with Gasteiger partial charge < -0.3 is 10.6 Å². The molecule has 2 fully saturated rings. The molecule has 0 radical (unpaired) electrons. The van der Waals surface area contributed by atoms with Crippen LogP contribution in [0.4, 0.5) is 4.39 Å². The number of amides is 4. The highest BCUT2D eigenvalue weighted by Gasteiger charge is 2.40. The van der Waals surface area contributed by atoms with Gasteiger partial charge in [0, 0.05) is 47.8 Å². The number of nitrogens with zero attached hydrogens (tertiary/aromatic N) is 4. The van der Waals surface area contributed by atoms with Crippen LogP contribution in [0.5, 0.6) is 0 Å². The Hall–Kier alpha value is -4.90. The van der Waals surface area contributed by atoms with Crippen LogP contribution in [-0.4, -0.2) is 62.3 Å². The molecule has 0 saturated carbocycles. The highest BCUT2D eigenvalue weighted by atomic mass is 19.1. The lowest BCUT2D eigenvalue weighted by atomic mass is 9.90. The first-order chi connectivity index (χ1) is 21.3. The quantitative estimate of drug-likeness (QED) is 0.329. The van der Waals surface area contributed by atoms with Crippen LogP contribution in [0.25, 0.3) is 16.6 Å². The number of piperidine rings is 2. The minimum absolute atomic E-state index is 0.0186. The Morgan fingerprint density at radius 3 is 2.64 bits per heavy atom. The van der Waals surface area contributed by atoms with E-state index in [-0.39, 0.29) is 42.7 Å². The molecule has 4 aromatic rings. The smallest absolute Gasteiger partial charge is 0.255 e. The first kappa shape index (κ1) is 27.9. The van der Waals surface area contributed by atoms with Crippen molar-refractivity contribution in [2.24, 2.45) is 5.73 Å². The minimum Gasteiger partial charge on any atom is -0.366 e. The van der Waals surface area contributed by atoms with Crippen molar-refractivity contribution in [3.63, 3.8) is 0 Å². The Morgan fingerprint density at radius 1 is 1.05 bits per heavy atom. The Kier molecular flexibility index (Phi) is 6.97. The molecule has 4 heterocycles. The second-order valence-electron chi connectivity index (χ2n) is 11.8. The number of likely N-dealkylation sites (tertiary alicyclic amines) is 1.